The van der Waals surface area contributed by atoms with Crippen LogP contribution >= 0.6 is 31.9 Å². The number of carbonyl (C=O) groups excluding carboxylic acids is 4. The summed E-state index contributed by atoms with van der Waals surface area (Å²) in [4.78, 5) is 59.7. The van der Waals surface area contributed by atoms with Crippen molar-refractivity contribution in [3.05, 3.63) is 125 Å². The lowest BCUT2D eigenvalue weighted by Crippen LogP contribution is -2.41. The van der Waals surface area contributed by atoms with Crippen molar-refractivity contribution < 1.29 is 19.2 Å². The van der Waals surface area contributed by atoms with Crippen molar-refractivity contribution in [3.8, 4) is 0 Å². The molecule has 0 saturated carbocycles. The van der Waals surface area contributed by atoms with Crippen LogP contribution in [-0.2, 0) is 0 Å². The van der Waals surface area contributed by atoms with Crippen molar-refractivity contribution in [3.63, 3.8) is 0 Å². The van der Waals surface area contributed by atoms with Crippen LogP contribution in [-0.4, -0.2) is 23.6 Å². The van der Waals surface area contributed by atoms with Crippen LogP contribution in [0.4, 0.5) is 11.4 Å². The number of benzene rings is 7. The number of anilines is 2. The van der Waals surface area contributed by atoms with Crippen LogP contribution in [0.5, 0.6) is 0 Å². The smallest absolute Gasteiger partial charge is 0.266 e. The lowest BCUT2D eigenvalue weighted by atomic mass is 9.82. The van der Waals surface area contributed by atoms with E-state index in [4.69, 9.17) is 0 Å². The first-order valence-corrected chi connectivity index (χ1v) is 17.9. The topological polar surface area (TPSA) is 74.8 Å². The maximum Gasteiger partial charge on any atom is 0.266 e. The molecule has 0 atom stereocenters. The fourth-order valence-corrected chi connectivity index (χ4v) is 9.40. The number of hydrogen-bond acceptors (Lipinski definition) is 4. The molecule has 2 aliphatic rings. The summed E-state index contributed by atoms with van der Waals surface area (Å²) >= 11 is 7.63. The van der Waals surface area contributed by atoms with Gasteiger partial charge in [-0.3, -0.25) is 19.2 Å². The largest absolute Gasteiger partial charge is 0.268 e. The van der Waals surface area contributed by atoms with Crippen LogP contribution in [0.15, 0.2) is 69.6 Å². The molecule has 6 nitrogen and oxygen atoms in total. The van der Waals surface area contributed by atoms with E-state index in [1.54, 1.807) is 24.3 Å². The molecule has 4 amide bonds. The Hall–Kier alpha value is -4.92. The van der Waals surface area contributed by atoms with Crippen LogP contribution < -0.4 is 9.80 Å². The number of imide groups is 2. The van der Waals surface area contributed by atoms with E-state index in [9.17, 15) is 19.2 Å². The van der Waals surface area contributed by atoms with Gasteiger partial charge in [0.1, 0.15) is 0 Å². The predicted octanol–water partition coefficient (Wildman–Crippen LogP) is 10.7. The molecular formula is C42H28Br2N2O4. The molecule has 0 aliphatic carbocycles. The van der Waals surface area contributed by atoms with E-state index in [1.165, 1.54) is 9.80 Å². The quantitative estimate of drug-likeness (QED) is 0.0994. The van der Waals surface area contributed by atoms with E-state index >= 15 is 0 Å². The molecule has 0 aromatic heterocycles. The SMILES string of the molecule is Cc1cc(N2C(=O)c3ccc4c5c(Br)cc6c7c(ccc(c8c(Br)cc(c3c48)C2=O)c75)C(=O)N(c2cc(C)c(C)c(C)c2)C6=O)cc(C)c1C. The Morgan fingerprint density at radius 2 is 0.720 bits per heavy atom. The summed E-state index contributed by atoms with van der Waals surface area (Å²) in [6, 6.07) is 18.6. The first kappa shape index (κ1) is 31.1. The van der Waals surface area contributed by atoms with E-state index in [0.717, 1.165) is 65.7 Å². The van der Waals surface area contributed by atoms with Crippen LogP contribution in [0.25, 0.3) is 43.1 Å². The molecule has 0 fully saturated rings. The standard InChI is InChI=1S/C42H28Br2N2O4/c1-17-11-23(12-18(2)21(17)5)45-39(47)27-9-7-25-36-32(44)16-30-34-28(40(48)46(42(30)50)24-13-19(3)22(6)20(4)14-24)10-8-26(38(34)36)35-31(43)15-29(41(45)49)33(27)37(25)35/h7-16H,1-6H3. The van der Waals surface area contributed by atoms with Crippen LogP contribution in [0.3, 0.4) is 0 Å². The second kappa shape index (κ2) is 10.3. The molecule has 50 heavy (non-hydrogen) atoms. The minimum Gasteiger partial charge on any atom is -0.268 e. The minimum atomic E-state index is -0.387. The average Bonchev–Trinajstić information content (AvgIpc) is 3.07. The summed E-state index contributed by atoms with van der Waals surface area (Å²) in [5.41, 5.74) is 9.08. The van der Waals surface area contributed by atoms with Crippen molar-refractivity contribution in [2.75, 3.05) is 9.80 Å². The van der Waals surface area contributed by atoms with Crippen LogP contribution in [0.1, 0.15) is 74.8 Å². The summed E-state index contributed by atoms with van der Waals surface area (Å²) in [5.74, 6) is -1.53. The molecule has 8 heteroatoms. The highest BCUT2D eigenvalue weighted by Gasteiger charge is 2.39. The molecule has 244 valence electrons. The van der Waals surface area contributed by atoms with Gasteiger partial charge in [-0.1, -0.05) is 44.0 Å². The fourth-order valence-electron chi connectivity index (χ4n) is 8.12. The van der Waals surface area contributed by atoms with Gasteiger partial charge in [0.15, 0.2) is 0 Å². The summed E-state index contributed by atoms with van der Waals surface area (Å²) in [6.07, 6.45) is 0. The molecule has 0 saturated heterocycles. The maximum atomic E-state index is 14.3. The highest BCUT2D eigenvalue weighted by molar-refractivity contribution is 9.11. The van der Waals surface area contributed by atoms with E-state index in [0.29, 0.717) is 53.3 Å². The number of rotatable bonds is 2. The third-order valence-corrected chi connectivity index (χ3v) is 12.3. The molecule has 0 bridgehead atoms. The molecule has 0 N–H and O–H groups in total. The van der Waals surface area contributed by atoms with Crippen molar-refractivity contribution >= 4 is 110 Å². The van der Waals surface area contributed by atoms with Gasteiger partial charge in [-0.2, -0.15) is 0 Å². The number of nitrogens with zero attached hydrogens (tertiary/aromatic N) is 2. The van der Waals surface area contributed by atoms with Crippen molar-refractivity contribution in [2.45, 2.75) is 41.5 Å². The zero-order valence-corrected chi connectivity index (χ0v) is 31.2. The summed E-state index contributed by atoms with van der Waals surface area (Å²) in [5, 5.41) is 6.01. The monoisotopic (exact) mass is 782 g/mol. The average molecular weight is 785 g/mol. The van der Waals surface area contributed by atoms with Gasteiger partial charge in [-0.05, 0) is 134 Å². The summed E-state index contributed by atoms with van der Waals surface area (Å²) < 4.78 is 1.36. The second-order valence-electron chi connectivity index (χ2n) is 13.7. The molecule has 9 rings (SSSR count). The van der Waals surface area contributed by atoms with Gasteiger partial charge in [-0.25, -0.2) is 9.80 Å². The highest BCUT2D eigenvalue weighted by atomic mass is 79.9. The van der Waals surface area contributed by atoms with Gasteiger partial charge < -0.3 is 0 Å². The first-order valence-electron chi connectivity index (χ1n) is 16.3. The Kier molecular flexibility index (Phi) is 6.41. The Balaban J connectivity index is 1.33. The van der Waals surface area contributed by atoms with Gasteiger partial charge >= 0.3 is 0 Å². The number of hydrogen-bond donors (Lipinski definition) is 0. The zero-order chi connectivity index (χ0) is 35.2. The van der Waals surface area contributed by atoms with E-state index in [-0.39, 0.29) is 23.6 Å². The fraction of sp³-hybridized carbons (Fsp3) is 0.143. The molecular weight excluding hydrogens is 756 g/mol. The summed E-state index contributed by atoms with van der Waals surface area (Å²) in [6.45, 7) is 12.0. The van der Waals surface area contributed by atoms with Crippen molar-refractivity contribution in [1.29, 1.82) is 0 Å². The Morgan fingerprint density at radius 3 is 1.06 bits per heavy atom. The van der Waals surface area contributed by atoms with E-state index in [2.05, 4.69) is 31.9 Å². The molecule has 0 spiro atoms. The van der Waals surface area contributed by atoms with Gasteiger partial charge in [0.05, 0.1) is 22.5 Å². The van der Waals surface area contributed by atoms with Gasteiger partial charge in [0.2, 0.25) is 0 Å². The predicted molar refractivity (Wildman–Crippen MR) is 207 cm³/mol. The summed E-state index contributed by atoms with van der Waals surface area (Å²) in [7, 11) is 0. The third kappa shape index (κ3) is 3.83. The van der Waals surface area contributed by atoms with Gasteiger partial charge in [0, 0.05) is 52.4 Å². The molecule has 2 aliphatic heterocycles. The number of aryl methyl sites for hydroxylation is 4. The molecule has 0 unspecified atom stereocenters. The Morgan fingerprint density at radius 1 is 0.400 bits per heavy atom. The number of carbonyl (C=O) groups is 4. The van der Waals surface area contributed by atoms with Crippen LogP contribution in [0.2, 0.25) is 0 Å². The molecule has 2 heterocycles. The highest BCUT2D eigenvalue weighted by Crippen LogP contribution is 2.51. The second-order valence-corrected chi connectivity index (χ2v) is 15.4. The van der Waals surface area contributed by atoms with Gasteiger partial charge in [-0.15, -0.1) is 0 Å². The van der Waals surface area contributed by atoms with Gasteiger partial charge in [0.25, 0.3) is 23.6 Å². The van der Waals surface area contributed by atoms with E-state index in [1.807, 2.05) is 77.9 Å². The Bertz CT molecular complexity index is 2600. The Labute approximate surface area is 304 Å². The molecule has 0 radical (unpaired) electrons. The van der Waals surface area contributed by atoms with Crippen molar-refractivity contribution in [1.82, 2.24) is 0 Å². The lowest BCUT2D eigenvalue weighted by Gasteiger charge is -2.31. The molecule has 7 aromatic rings. The van der Waals surface area contributed by atoms with Crippen molar-refractivity contribution in [2.24, 2.45) is 0 Å². The number of amides is 4. The zero-order valence-electron chi connectivity index (χ0n) is 28.1. The van der Waals surface area contributed by atoms with E-state index < -0.39 is 0 Å². The maximum absolute atomic E-state index is 14.3. The number of fused-ring (bicyclic) bond motifs is 2. The number of halogens is 2. The lowest BCUT2D eigenvalue weighted by molar-refractivity contribution is 0.0877. The first-order chi connectivity index (χ1) is 23.8. The third-order valence-electron chi connectivity index (χ3n) is 11.1. The normalized spacial score (nSPS) is 14.5. The minimum absolute atomic E-state index is 0.377. The molecule has 7 aromatic carbocycles. The van der Waals surface area contributed by atoms with Crippen LogP contribution in [0, 0.1) is 41.5 Å².